The molecule has 0 aromatic heterocycles. The quantitative estimate of drug-likeness (QED) is 0.797. The summed E-state index contributed by atoms with van der Waals surface area (Å²) in [6.07, 6.45) is 3.05. The first-order chi connectivity index (χ1) is 8.81. The average molecular weight is 332 g/mol. The first-order valence-corrected chi connectivity index (χ1v) is 7.51. The van der Waals surface area contributed by atoms with E-state index in [-0.39, 0.29) is 12.0 Å². The van der Waals surface area contributed by atoms with Crippen molar-refractivity contribution in [2.45, 2.75) is 45.1 Å². The van der Waals surface area contributed by atoms with Gasteiger partial charge in [0, 0.05) is 11.1 Å². The summed E-state index contributed by atoms with van der Waals surface area (Å²) in [5, 5.41) is 0. The minimum absolute atomic E-state index is 0.109. The second kappa shape index (κ2) is 5.49. The predicted molar refractivity (Wildman–Crippen MR) is 76.9 cm³/mol. The molecule has 1 aliphatic rings. The van der Waals surface area contributed by atoms with E-state index in [1.807, 2.05) is 0 Å². The van der Waals surface area contributed by atoms with Crippen LogP contribution in [-0.4, -0.2) is 5.54 Å². The van der Waals surface area contributed by atoms with Crippen molar-refractivity contribution in [2.24, 2.45) is 17.6 Å². The first-order valence-electron chi connectivity index (χ1n) is 6.72. The standard InChI is InChI=1S/C15H20BrF2N/c1-9-5-10(2)7-15(19,6-9)8-11-13(17)4-3-12(16)14(11)18/h3-4,9-10H,5-8,19H2,1-2H3. The highest BCUT2D eigenvalue weighted by Gasteiger charge is 2.36. The lowest BCUT2D eigenvalue weighted by Gasteiger charge is -2.40. The molecule has 1 nitrogen and oxygen atoms in total. The van der Waals surface area contributed by atoms with E-state index in [4.69, 9.17) is 5.73 Å². The normalized spacial score (nSPS) is 31.5. The Morgan fingerprint density at radius 2 is 1.84 bits per heavy atom. The third-order valence-corrected chi connectivity index (χ3v) is 4.59. The molecule has 19 heavy (non-hydrogen) atoms. The topological polar surface area (TPSA) is 26.0 Å². The van der Waals surface area contributed by atoms with Crippen LogP contribution in [0.25, 0.3) is 0 Å². The Kier molecular flexibility index (Phi) is 4.31. The van der Waals surface area contributed by atoms with Gasteiger partial charge in [-0.3, -0.25) is 0 Å². The maximum Gasteiger partial charge on any atom is 0.143 e. The molecule has 1 aliphatic carbocycles. The van der Waals surface area contributed by atoms with Crippen LogP contribution in [0.3, 0.4) is 0 Å². The van der Waals surface area contributed by atoms with Gasteiger partial charge in [-0.05, 0) is 65.6 Å². The molecule has 1 fully saturated rings. The molecule has 0 radical (unpaired) electrons. The third-order valence-electron chi connectivity index (χ3n) is 3.98. The van der Waals surface area contributed by atoms with Gasteiger partial charge in [0.2, 0.25) is 0 Å². The summed E-state index contributed by atoms with van der Waals surface area (Å²) in [7, 11) is 0. The van der Waals surface area contributed by atoms with Gasteiger partial charge < -0.3 is 5.73 Å². The van der Waals surface area contributed by atoms with Gasteiger partial charge in [-0.15, -0.1) is 0 Å². The first kappa shape index (κ1) is 14.9. The number of halogens is 3. The van der Waals surface area contributed by atoms with Crippen LogP contribution in [0.2, 0.25) is 0 Å². The highest BCUT2D eigenvalue weighted by molar-refractivity contribution is 9.10. The van der Waals surface area contributed by atoms with Gasteiger partial charge in [0.15, 0.2) is 0 Å². The Bertz CT molecular complexity index is 465. The van der Waals surface area contributed by atoms with Gasteiger partial charge in [0.05, 0.1) is 4.47 Å². The van der Waals surface area contributed by atoms with Crippen LogP contribution in [0.1, 0.15) is 38.7 Å². The van der Waals surface area contributed by atoms with E-state index in [9.17, 15) is 8.78 Å². The average Bonchev–Trinajstić information content (AvgIpc) is 2.28. The third kappa shape index (κ3) is 3.34. The fraction of sp³-hybridized carbons (Fsp3) is 0.600. The van der Waals surface area contributed by atoms with Crippen molar-refractivity contribution in [1.82, 2.24) is 0 Å². The molecule has 0 bridgehead atoms. The summed E-state index contributed by atoms with van der Waals surface area (Å²) in [5.74, 6) is -0.00819. The summed E-state index contributed by atoms with van der Waals surface area (Å²) in [6.45, 7) is 4.32. The zero-order chi connectivity index (χ0) is 14.2. The molecule has 0 aliphatic heterocycles. The van der Waals surface area contributed by atoms with Gasteiger partial charge >= 0.3 is 0 Å². The fourth-order valence-corrected chi connectivity index (χ4v) is 3.92. The molecule has 0 spiro atoms. The van der Waals surface area contributed by atoms with E-state index in [0.717, 1.165) is 19.3 Å². The van der Waals surface area contributed by atoms with Crippen molar-refractivity contribution in [3.8, 4) is 0 Å². The van der Waals surface area contributed by atoms with Crippen LogP contribution < -0.4 is 5.73 Å². The second-order valence-electron chi connectivity index (χ2n) is 6.22. The SMILES string of the molecule is CC1CC(C)CC(N)(Cc2c(F)ccc(Br)c2F)C1. The number of nitrogens with two attached hydrogens (primary N) is 1. The lowest BCUT2D eigenvalue weighted by atomic mass is 9.70. The number of hydrogen-bond donors (Lipinski definition) is 1. The predicted octanol–water partition coefficient (Wildman–Crippen LogP) is 4.42. The highest BCUT2D eigenvalue weighted by atomic mass is 79.9. The van der Waals surface area contributed by atoms with Crippen LogP contribution in [0, 0.1) is 23.5 Å². The molecular formula is C15H20BrF2N. The molecule has 4 heteroatoms. The van der Waals surface area contributed by atoms with E-state index < -0.39 is 17.2 Å². The molecule has 2 rings (SSSR count). The van der Waals surface area contributed by atoms with Gasteiger partial charge in [-0.25, -0.2) is 8.78 Å². The summed E-state index contributed by atoms with van der Waals surface area (Å²) >= 11 is 3.10. The largest absolute Gasteiger partial charge is 0.325 e. The van der Waals surface area contributed by atoms with Crippen LogP contribution in [0.15, 0.2) is 16.6 Å². The van der Waals surface area contributed by atoms with Crippen LogP contribution in [0.5, 0.6) is 0 Å². The van der Waals surface area contributed by atoms with Gasteiger partial charge in [-0.1, -0.05) is 13.8 Å². The monoisotopic (exact) mass is 331 g/mol. The second-order valence-corrected chi connectivity index (χ2v) is 7.07. The van der Waals surface area contributed by atoms with Crippen LogP contribution in [0.4, 0.5) is 8.78 Å². The number of benzene rings is 1. The van der Waals surface area contributed by atoms with E-state index >= 15 is 0 Å². The van der Waals surface area contributed by atoms with Gasteiger partial charge in [-0.2, -0.15) is 0 Å². The molecule has 0 saturated heterocycles. The molecule has 106 valence electrons. The maximum absolute atomic E-state index is 14.0. The molecule has 1 aromatic rings. The minimum atomic E-state index is -0.518. The van der Waals surface area contributed by atoms with Crippen LogP contribution >= 0.6 is 15.9 Å². The Balaban J connectivity index is 2.27. The molecule has 2 unspecified atom stereocenters. The Labute approximate surface area is 121 Å². The number of hydrogen-bond acceptors (Lipinski definition) is 1. The molecule has 1 saturated carbocycles. The van der Waals surface area contributed by atoms with E-state index in [2.05, 4.69) is 29.8 Å². The molecule has 2 atom stereocenters. The molecular weight excluding hydrogens is 312 g/mol. The van der Waals surface area contributed by atoms with E-state index in [1.54, 1.807) is 0 Å². The summed E-state index contributed by atoms with van der Waals surface area (Å²) < 4.78 is 28.2. The molecule has 2 N–H and O–H groups in total. The molecule has 1 aromatic carbocycles. The van der Waals surface area contributed by atoms with Crippen molar-refractivity contribution in [3.05, 3.63) is 33.8 Å². The summed E-state index contributed by atoms with van der Waals surface area (Å²) in [5.41, 5.74) is 6.02. The Morgan fingerprint density at radius 3 is 2.42 bits per heavy atom. The zero-order valence-electron chi connectivity index (χ0n) is 11.3. The lowest BCUT2D eigenvalue weighted by molar-refractivity contribution is 0.180. The maximum atomic E-state index is 14.0. The fourth-order valence-electron chi connectivity index (χ4n) is 3.55. The Morgan fingerprint density at radius 1 is 1.26 bits per heavy atom. The highest BCUT2D eigenvalue weighted by Crippen LogP contribution is 2.37. The van der Waals surface area contributed by atoms with Gasteiger partial charge in [0.25, 0.3) is 0 Å². The lowest BCUT2D eigenvalue weighted by Crippen LogP contribution is -2.48. The van der Waals surface area contributed by atoms with Crippen LogP contribution in [-0.2, 0) is 6.42 Å². The van der Waals surface area contributed by atoms with E-state index in [1.165, 1.54) is 12.1 Å². The Hall–Kier alpha value is -0.480. The summed E-state index contributed by atoms with van der Waals surface area (Å²) in [4.78, 5) is 0. The summed E-state index contributed by atoms with van der Waals surface area (Å²) in [6, 6.07) is 2.69. The van der Waals surface area contributed by atoms with Crippen molar-refractivity contribution in [3.63, 3.8) is 0 Å². The van der Waals surface area contributed by atoms with Crippen molar-refractivity contribution >= 4 is 15.9 Å². The molecule has 0 heterocycles. The van der Waals surface area contributed by atoms with Crippen molar-refractivity contribution < 1.29 is 8.78 Å². The van der Waals surface area contributed by atoms with Crippen molar-refractivity contribution in [2.75, 3.05) is 0 Å². The smallest absolute Gasteiger partial charge is 0.143 e. The van der Waals surface area contributed by atoms with Gasteiger partial charge in [0.1, 0.15) is 11.6 Å². The van der Waals surface area contributed by atoms with E-state index in [0.29, 0.717) is 16.3 Å². The minimum Gasteiger partial charge on any atom is -0.325 e. The van der Waals surface area contributed by atoms with Crippen molar-refractivity contribution in [1.29, 1.82) is 0 Å². The number of rotatable bonds is 2. The molecule has 0 amide bonds. The zero-order valence-corrected chi connectivity index (χ0v) is 12.9.